The Bertz CT molecular complexity index is 592. The van der Waals surface area contributed by atoms with Crippen molar-refractivity contribution in [1.82, 2.24) is 14.7 Å². The van der Waals surface area contributed by atoms with Gasteiger partial charge in [-0.1, -0.05) is 0 Å². The van der Waals surface area contributed by atoms with Gasteiger partial charge in [0.2, 0.25) is 5.91 Å². The summed E-state index contributed by atoms with van der Waals surface area (Å²) < 4.78 is 7.46. The molecule has 0 unspecified atom stereocenters. The van der Waals surface area contributed by atoms with E-state index < -0.39 is 12.1 Å². The minimum Gasteiger partial charge on any atom is -0.479 e. The number of nitrogens with zero attached hydrogens (tertiary/aromatic N) is 3. The van der Waals surface area contributed by atoms with Gasteiger partial charge in [0.1, 0.15) is 0 Å². The van der Waals surface area contributed by atoms with E-state index in [-0.39, 0.29) is 12.0 Å². The van der Waals surface area contributed by atoms with Gasteiger partial charge in [-0.25, -0.2) is 4.79 Å². The van der Waals surface area contributed by atoms with Gasteiger partial charge >= 0.3 is 5.97 Å². The second-order valence-corrected chi connectivity index (χ2v) is 6.83. The molecule has 1 aromatic rings. The molecule has 1 amide bonds. The molecule has 132 valence electrons. The molecule has 24 heavy (non-hydrogen) atoms. The minimum absolute atomic E-state index is 0.0374. The van der Waals surface area contributed by atoms with E-state index in [2.05, 4.69) is 5.10 Å². The van der Waals surface area contributed by atoms with Crippen molar-refractivity contribution in [3.8, 4) is 0 Å². The second kappa shape index (κ2) is 7.34. The number of likely N-dealkylation sites (tertiary alicyclic amines) is 1. The normalized spacial score (nSPS) is 25.1. The molecule has 7 heteroatoms. The van der Waals surface area contributed by atoms with Crippen LogP contribution in [0.5, 0.6) is 0 Å². The Balaban J connectivity index is 1.41. The van der Waals surface area contributed by atoms with Crippen molar-refractivity contribution in [2.45, 2.75) is 57.8 Å². The number of aliphatic carboxylic acids is 1. The fourth-order valence-electron chi connectivity index (χ4n) is 3.67. The number of piperidine rings is 1. The zero-order chi connectivity index (χ0) is 17.1. The molecule has 2 fully saturated rings. The minimum atomic E-state index is -0.862. The van der Waals surface area contributed by atoms with E-state index in [1.807, 2.05) is 18.0 Å². The van der Waals surface area contributed by atoms with Gasteiger partial charge in [0.05, 0.1) is 12.3 Å². The van der Waals surface area contributed by atoms with Crippen molar-refractivity contribution in [1.29, 1.82) is 0 Å². The summed E-state index contributed by atoms with van der Waals surface area (Å²) in [5.74, 6) is -0.330. The van der Waals surface area contributed by atoms with Crippen molar-refractivity contribution in [3.63, 3.8) is 0 Å². The van der Waals surface area contributed by atoms with Crippen LogP contribution >= 0.6 is 0 Å². The van der Waals surface area contributed by atoms with Crippen LogP contribution in [0.25, 0.3) is 0 Å². The molecule has 1 aromatic heterocycles. The molecule has 0 aromatic carbocycles. The number of carbonyl (C=O) groups is 2. The third kappa shape index (κ3) is 3.95. The number of amides is 1. The number of hydrogen-bond acceptors (Lipinski definition) is 4. The first kappa shape index (κ1) is 17.0. The van der Waals surface area contributed by atoms with Crippen LogP contribution < -0.4 is 0 Å². The Morgan fingerprint density at radius 1 is 1.29 bits per heavy atom. The van der Waals surface area contributed by atoms with Gasteiger partial charge in [-0.05, 0) is 44.1 Å². The number of ether oxygens (including phenoxy) is 1. The van der Waals surface area contributed by atoms with E-state index in [4.69, 9.17) is 9.84 Å². The van der Waals surface area contributed by atoms with E-state index in [1.54, 1.807) is 10.9 Å². The maximum Gasteiger partial charge on any atom is 0.332 e. The van der Waals surface area contributed by atoms with Gasteiger partial charge in [0, 0.05) is 32.3 Å². The Labute approximate surface area is 141 Å². The molecular weight excluding hydrogens is 310 g/mol. The van der Waals surface area contributed by atoms with Crippen molar-refractivity contribution in [2.24, 2.45) is 5.92 Å². The molecule has 2 aliphatic rings. The molecule has 2 atom stereocenters. The molecular formula is C17H25N3O4. The summed E-state index contributed by atoms with van der Waals surface area (Å²) in [4.78, 5) is 25.2. The summed E-state index contributed by atoms with van der Waals surface area (Å²) >= 11 is 0. The molecule has 3 heterocycles. The zero-order valence-electron chi connectivity index (χ0n) is 14.1. The lowest BCUT2D eigenvalue weighted by Gasteiger charge is -2.34. The monoisotopic (exact) mass is 335 g/mol. The first-order valence-corrected chi connectivity index (χ1v) is 8.68. The van der Waals surface area contributed by atoms with Gasteiger partial charge in [0.25, 0.3) is 0 Å². The average molecular weight is 335 g/mol. The van der Waals surface area contributed by atoms with Crippen molar-refractivity contribution in [3.05, 3.63) is 18.0 Å². The van der Waals surface area contributed by atoms with Gasteiger partial charge in [-0.2, -0.15) is 5.10 Å². The summed E-state index contributed by atoms with van der Waals surface area (Å²) in [6, 6.07) is 0. The lowest BCUT2D eigenvalue weighted by Crippen LogP contribution is -2.41. The highest BCUT2D eigenvalue weighted by atomic mass is 16.5. The molecule has 2 aliphatic heterocycles. The van der Waals surface area contributed by atoms with E-state index >= 15 is 0 Å². The maximum atomic E-state index is 12.3. The standard InChI is InChI=1S/C17H25N3O4/c1-12-10-18-20(11-12)9-6-16(21)19-7-4-13(5-8-19)14-2-3-15(24-14)17(22)23/h10-11,13-15H,2-9H2,1H3,(H,22,23)/t14-,15+/m0/s1. The Morgan fingerprint density at radius 2 is 2.04 bits per heavy atom. The SMILES string of the molecule is Cc1cnn(CCC(=O)N2CCC([C@@H]3CC[C@H](C(=O)O)O3)CC2)c1. The van der Waals surface area contributed by atoms with E-state index in [0.717, 1.165) is 37.9 Å². The topological polar surface area (TPSA) is 84.7 Å². The Hall–Kier alpha value is -1.89. The molecule has 0 saturated carbocycles. The quantitative estimate of drug-likeness (QED) is 0.880. The summed E-state index contributed by atoms with van der Waals surface area (Å²) in [6.45, 7) is 4.06. The molecule has 3 rings (SSSR count). The predicted molar refractivity (Wildman–Crippen MR) is 86.4 cm³/mol. The fourth-order valence-corrected chi connectivity index (χ4v) is 3.67. The maximum absolute atomic E-state index is 12.3. The lowest BCUT2D eigenvalue weighted by atomic mass is 9.89. The largest absolute Gasteiger partial charge is 0.479 e. The lowest BCUT2D eigenvalue weighted by molar-refractivity contribution is -0.151. The first-order valence-electron chi connectivity index (χ1n) is 8.68. The summed E-state index contributed by atoms with van der Waals surface area (Å²) in [5, 5.41) is 13.2. The van der Waals surface area contributed by atoms with Gasteiger partial charge in [0.15, 0.2) is 6.10 Å². The number of hydrogen-bond donors (Lipinski definition) is 1. The molecule has 0 spiro atoms. The molecule has 0 bridgehead atoms. The predicted octanol–water partition coefficient (Wildman–Crippen LogP) is 1.45. The van der Waals surface area contributed by atoms with E-state index in [9.17, 15) is 9.59 Å². The van der Waals surface area contributed by atoms with E-state index in [0.29, 0.717) is 25.3 Å². The summed E-state index contributed by atoms with van der Waals surface area (Å²) in [6.07, 6.45) is 6.79. The third-order valence-electron chi connectivity index (χ3n) is 5.06. The van der Waals surface area contributed by atoms with Gasteiger partial charge in [-0.15, -0.1) is 0 Å². The number of carboxylic acids is 1. The van der Waals surface area contributed by atoms with Crippen LogP contribution in [0, 0.1) is 12.8 Å². The fraction of sp³-hybridized carbons (Fsp3) is 0.706. The van der Waals surface area contributed by atoms with E-state index in [1.165, 1.54) is 0 Å². The summed E-state index contributed by atoms with van der Waals surface area (Å²) in [5.41, 5.74) is 1.10. The number of aryl methyl sites for hydroxylation is 2. The average Bonchev–Trinajstić information content (AvgIpc) is 3.22. The first-order chi connectivity index (χ1) is 11.5. The van der Waals surface area contributed by atoms with Crippen LogP contribution in [0.2, 0.25) is 0 Å². The van der Waals surface area contributed by atoms with Crippen LogP contribution in [0.4, 0.5) is 0 Å². The van der Waals surface area contributed by atoms with Crippen LogP contribution in [0.1, 0.15) is 37.7 Å². The number of rotatable bonds is 5. The number of aromatic nitrogens is 2. The highest BCUT2D eigenvalue weighted by Crippen LogP contribution is 2.32. The molecule has 7 nitrogen and oxygen atoms in total. The van der Waals surface area contributed by atoms with Crippen molar-refractivity contribution >= 4 is 11.9 Å². The smallest absolute Gasteiger partial charge is 0.332 e. The van der Waals surface area contributed by atoms with Crippen LogP contribution in [0.3, 0.4) is 0 Å². The highest BCUT2D eigenvalue weighted by Gasteiger charge is 2.37. The molecule has 2 saturated heterocycles. The highest BCUT2D eigenvalue weighted by molar-refractivity contribution is 5.76. The third-order valence-corrected chi connectivity index (χ3v) is 5.06. The van der Waals surface area contributed by atoms with Crippen molar-refractivity contribution < 1.29 is 19.4 Å². The molecule has 0 radical (unpaired) electrons. The summed E-state index contributed by atoms with van der Waals surface area (Å²) in [7, 11) is 0. The Morgan fingerprint density at radius 3 is 2.62 bits per heavy atom. The molecule has 0 aliphatic carbocycles. The van der Waals surface area contributed by atoms with Gasteiger partial charge in [-0.3, -0.25) is 9.48 Å². The van der Waals surface area contributed by atoms with Crippen molar-refractivity contribution in [2.75, 3.05) is 13.1 Å². The van der Waals surface area contributed by atoms with Crippen LogP contribution in [-0.2, 0) is 20.9 Å². The van der Waals surface area contributed by atoms with Gasteiger partial charge < -0.3 is 14.7 Å². The second-order valence-electron chi connectivity index (χ2n) is 6.83. The van der Waals surface area contributed by atoms with Crippen LogP contribution in [-0.4, -0.2) is 57.0 Å². The molecule has 1 N–H and O–H groups in total. The number of carboxylic acid groups (broad SMARTS) is 1. The zero-order valence-corrected chi connectivity index (χ0v) is 14.1. The Kier molecular flexibility index (Phi) is 5.18. The van der Waals surface area contributed by atoms with Crippen LogP contribution in [0.15, 0.2) is 12.4 Å². The number of carbonyl (C=O) groups excluding carboxylic acids is 1.